The maximum Gasteiger partial charge on any atom is 0.229 e. The third-order valence-electron chi connectivity index (χ3n) is 1.56. The summed E-state index contributed by atoms with van der Waals surface area (Å²) in [7, 11) is -3.48. The lowest BCUT2D eigenvalue weighted by Gasteiger charge is -2.15. The molecule has 5 heteroatoms. The molecule has 0 heterocycles. The molecule has 0 saturated heterocycles. The lowest BCUT2D eigenvalue weighted by molar-refractivity contribution is 0.219. The molecule has 0 amide bonds. The van der Waals surface area contributed by atoms with Crippen molar-refractivity contribution < 1.29 is 14.6 Å². The number of nitriles is 1. The van der Waals surface area contributed by atoms with E-state index in [2.05, 4.69) is 0 Å². The standard InChI is InChI=1S/C7H14NO3P/c1-2-4-7(9)12(10,11)6-3-5-8/h7,9H,2-4,6H2,1H3,(H,10,11). The van der Waals surface area contributed by atoms with Crippen molar-refractivity contribution in [1.82, 2.24) is 0 Å². The number of nitrogens with zero attached hydrogens (tertiary/aromatic N) is 1. The summed E-state index contributed by atoms with van der Waals surface area (Å²) in [5.41, 5.74) is 0. The number of hydrogen-bond donors (Lipinski definition) is 2. The molecule has 2 unspecified atom stereocenters. The monoisotopic (exact) mass is 191 g/mol. The van der Waals surface area contributed by atoms with Gasteiger partial charge in [-0.25, -0.2) is 0 Å². The Kier molecular flexibility index (Phi) is 5.16. The van der Waals surface area contributed by atoms with Crippen LogP contribution in [0.5, 0.6) is 0 Å². The van der Waals surface area contributed by atoms with E-state index in [-0.39, 0.29) is 12.6 Å². The summed E-state index contributed by atoms with van der Waals surface area (Å²) < 4.78 is 11.2. The van der Waals surface area contributed by atoms with Gasteiger partial charge in [-0.2, -0.15) is 5.26 Å². The van der Waals surface area contributed by atoms with Gasteiger partial charge in [0.2, 0.25) is 7.37 Å². The molecule has 0 aromatic carbocycles. The highest BCUT2D eigenvalue weighted by Gasteiger charge is 2.27. The van der Waals surface area contributed by atoms with Gasteiger partial charge < -0.3 is 10.00 Å². The molecule has 0 bridgehead atoms. The molecule has 0 aromatic heterocycles. The van der Waals surface area contributed by atoms with Crippen molar-refractivity contribution in [3.8, 4) is 6.07 Å². The van der Waals surface area contributed by atoms with Gasteiger partial charge in [-0.3, -0.25) is 4.57 Å². The van der Waals surface area contributed by atoms with Gasteiger partial charge in [0.15, 0.2) is 0 Å². The van der Waals surface area contributed by atoms with Gasteiger partial charge >= 0.3 is 0 Å². The third kappa shape index (κ3) is 3.87. The van der Waals surface area contributed by atoms with Crippen LogP contribution >= 0.6 is 7.37 Å². The SMILES string of the molecule is CCCC(O)P(=O)(O)CCC#N. The summed E-state index contributed by atoms with van der Waals surface area (Å²) >= 11 is 0. The van der Waals surface area contributed by atoms with Crippen LogP contribution in [0.3, 0.4) is 0 Å². The zero-order valence-electron chi connectivity index (χ0n) is 7.10. The van der Waals surface area contributed by atoms with Crippen LogP contribution in [-0.4, -0.2) is 22.0 Å². The molecule has 0 rings (SSSR count). The van der Waals surface area contributed by atoms with Crippen LogP contribution in [-0.2, 0) is 4.57 Å². The number of aliphatic hydroxyl groups excluding tert-OH is 1. The van der Waals surface area contributed by atoms with Crippen molar-refractivity contribution in [2.24, 2.45) is 0 Å². The molecule has 2 atom stereocenters. The van der Waals surface area contributed by atoms with Crippen LogP contribution in [0.15, 0.2) is 0 Å². The van der Waals surface area contributed by atoms with Crippen molar-refractivity contribution in [2.45, 2.75) is 32.0 Å². The lowest BCUT2D eigenvalue weighted by Crippen LogP contribution is -2.09. The Morgan fingerprint density at radius 2 is 2.25 bits per heavy atom. The minimum absolute atomic E-state index is 0.0224. The Labute approximate surface area is 72.3 Å². The molecular formula is C7H14NO3P. The van der Waals surface area contributed by atoms with Gasteiger partial charge in [-0.1, -0.05) is 13.3 Å². The first-order valence-electron chi connectivity index (χ1n) is 3.91. The molecule has 70 valence electrons. The normalized spacial score (nSPS) is 17.8. The first kappa shape index (κ1) is 11.6. The smallest absolute Gasteiger partial charge is 0.229 e. The third-order valence-corrected chi connectivity index (χ3v) is 3.61. The van der Waals surface area contributed by atoms with Crippen LogP contribution < -0.4 is 0 Å². The van der Waals surface area contributed by atoms with Crippen LogP contribution in [0.2, 0.25) is 0 Å². The Bertz CT molecular complexity index is 211. The molecule has 0 aliphatic heterocycles. The quantitative estimate of drug-likeness (QED) is 0.641. The number of hydrogen-bond acceptors (Lipinski definition) is 3. The number of rotatable bonds is 5. The minimum atomic E-state index is -3.48. The summed E-state index contributed by atoms with van der Waals surface area (Å²) in [4.78, 5) is 9.20. The fourth-order valence-corrected chi connectivity index (χ4v) is 2.20. The van der Waals surface area contributed by atoms with Gasteiger partial charge in [-0.05, 0) is 6.42 Å². The van der Waals surface area contributed by atoms with Crippen LogP contribution in [0.4, 0.5) is 0 Å². The Morgan fingerprint density at radius 1 is 1.67 bits per heavy atom. The molecule has 0 fully saturated rings. The van der Waals surface area contributed by atoms with E-state index in [1.807, 2.05) is 6.92 Å². The summed E-state index contributed by atoms with van der Waals surface area (Å²) in [6, 6.07) is 1.78. The zero-order valence-corrected chi connectivity index (χ0v) is 8.00. The van der Waals surface area contributed by atoms with E-state index in [4.69, 9.17) is 5.26 Å². The van der Waals surface area contributed by atoms with Gasteiger partial charge in [0.05, 0.1) is 6.07 Å². The highest BCUT2D eigenvalue weighted by Crippen LogP contribution is 2.47. The first-order chi connectivity index (χ1) is 5.54. The second-order valence-electron chi connectivity index (χ2n) is 2.66. The number of aliphatic hydroxyl groups is 1. The predicted molar refractivity (Wildman–Crippen MR) is 45.8 cm³/mol. The van der Waals surface area contributed by atoms with Crippen molar-refractivity contribution in [3.63, 3.8) is 0 Å². The molecule has 0 aliphatic carbocycles. The fourth-order valence-electron chi connectivity index (χ4n) is 0.819. The Morgan fingerprint density at radius 3 is 2.67 bits per heavy atom. The first-order valence-corrected chi connectivity index (χ1v) is 5.82. The summed E-state index contributed by atoms with van der Waals surface area (Å²) in [6.45, 7) is 1.83. The maximum atomic E-state index is 11.2. The second-order valence-corrected chi connectivity index (χ2v) is 5.21. The Hall–Kier alpha value is -0.360. The molecule has 0 saturated carbocycles. The van der Waals surface area contributed by atoms with E-state index in [1.165, 1.54) is 0 Å². The molecule has 0 aliphatic rings. The molecule has 0 aromatic rings. The van der Waals surface area contributed by atoms with E-state index in [0.717, 1.165) is 0 Å². The summed E-state index contributed by atoms with van der Waals surface area (Å²) in [5.74, 6) is -1.16. The van der Waals surface area contributed by atoms with Gasteiger partial charge in [0, 0.05) is 12.6 Å². The molecule has 4 nitrogen and oxygen atoms in total. The molecule has 12 heavy (non-hydrogen) atoms. The maximum absolute atomic E-state index is 11.2. The van der Waals surface area contributed by atoms with Crippen molar-refractivity contribution in [3.05, 3.63) is 0 Å². The van der Waals surface area contributed by atoms with E-state index in [0.29, 0.717) is 12.8 Å². The molecule has 0 spiro atoms. The molecular weight excluding hydrogens is 177 g/mol. The van der Waals surface area contributed by atoms with Crippen LogP contribution in [0.25, 0.3) is 0 Å². The zero-order chi connectivity index (χ0) is 9.61. The Balaban J connectivity index is 4.02. The molecule has 2 N–H and O–H groups in total. The van der Waals surface area contributed by atoms with Crippen molar-refractivity contribution in [1.29, 1.82) is 5.26 Å². The second kappa shape index (κ2) is 5.31. The van der Waals surface area contributed by atoms with E-state index < -0.39 is 13.2 Å². The van der Waals surface area contributed by atoms with E-state index in [9.17, 15) is 14.6 Å². The van der Waals surface area contributed by atoms with Crippen LogP contribution in [0, 0.1) is 11.3 Å². The van der Waals surface area contributed by atoms with Gasteiger partial charge in [0.1, 0.15) is 5.85 Å². The van der Waals surface area contributed by atoms with Crippen molar-refractivity contribution >= 4 is 7.37 Å². The van der Waals surface area contributed by atoms with Gasteiger partial charge in [-0.15, -0.1) is 0 Å². The average molecular weight is 191 g/mol. The van der Waals surface area contributed by atoms with Crippen molar-refractivity contribution in [2.75, 3.05) is 6.16 Å². The highest BCUT2D eigenvalue weighted by molar-refractivity contribution is 7.58. The average Bonchev–Trinajstić information content (AvgIpc) is 2.01. The highest BCUT2D eigenvalue weighted by atomic mass is 31.2. The molecule has 0 radical (unpaired) electrons. The fraction of sp³-hybridized carbons (Fsp3) is 0.857. The lowest BCUT2D eigenvalue weighted by atomic mass is 10.4. The summed E-state index contributed by atoms with van der Waals surface area (Å²) in [6.07, 6.45) is 0.899. The van der Waals surface area contributed by atoms with E-state index >= 15 is 0 Å². The summed E-state index contributed by atoms with van der Waals surface area (Å²) in [5, 5.41) is 17.4. The van der Waals surface area contributed by atoms with E-state index in [1.54, 1.807) is 6.07 Å². The predicted octanol–water partition coefficient (Wildman–Crippen LogP) is 1.29. The topological polar surface area (TPSA) is 81.3 Å². The largest absolute Gasteiger partial charge is 0.383 e. The van der Waals surface area contributed by atoms with Gasteiger partial charge in [0.25, 0.3) is 0 Å². The minimum Gasteiger partial charge on any atom is -0.383 e. The van der Waals surface area contributed by atoms with Crippen LogP contribution in [0.1, 0.15) is 26.2 Å².